The number of rotatable bonds is 7. The van der Waals surface area contributed by atoms with E-state index in [1.807, 2.05) is 0 Å². The van der Waals surface area contributed by atoms with Gasteiger partial charge < -0.3 is 4.74 Å². The highest BCUT2D eigenvalue weighted by Gasteiger charge is 2.48. The largest absolute Gasteiger partial charge is 0.585 e. The lowest BCUT2D eigenvalue weighted by atomic mass is 9.87. The third-order valence-electron chi connectivity index (χ3n) is 3.37. The molecule has 0 aliphatic heterocycles. The first kappa shape index (κ1) is 18.8. The van der Waals surface area contributed by atoms with E-state index in [9.17, 15) is 28.1 Å². The molecule has 2 atom stereocenters. The zero-order valence-corrected chi connectivity index (χ0v) is 12.9. The average Bonchev–Trinajstić information content (AvgIpc) is 2.80. The third-order valence-corrected chi connectivity index (χ3v) is 3.37. The molecule has 1 heterocycles. The molecule has 0 aliphatic carbocycles. The zero-order valence-electron chi connectivity index (χ0n) is 12.9. The van der Waals surface area contributed by atoms with Crippen LogP contribution < -0.4 is 4.68 Å². The molecule has 0 aromatic carbocycles. The predicted octanol–water partition coefficient (Wildman–Crippen LogP) is 1.13. The van der Waals surface area contributed by atoms with Crippen LogP contribution in [0.5, 0.6) is 0 Å². The number of nitrogens with zero attached hydrogens (tertiary/aromatic N) is 4. The Morgan fingerprint density at radius 2 is 2.13 bits per heavy atom. The van der Waals surface area contributed by atoms with Crippen molar-refractivity contribution in [1.82, 2.24) is 9.90 Å². The minimum absolute atomic E-state index is 0.0346. The fourth-order valence-electron chi connectivity index (χ4n) is 2.43. The molecule has 1 unspecified atom stereocenters. The fraction of sp³-hybridized carbons (Fsp3) is 0.750. The number of hydrogen-bond donors (Lipinski definition) is 0. The molecule has 0 fully saturated rings. The molecule has 23 heavy (non-hydrogen) atoms. The number of esters is 1. The van der Waals surface area contributed by atoms with Gasteiger partial charge in [-0.05, 0) is 18.1 Å². The Hall–Kier alpha value is -2.20. The van der Waals surface area contributed by atoms with Crippen molar-refractivity contribution in [3.63, 3.8) is 0 Å². The summed E-state index contributed by atoms with van der Waals surface area (Å²) in [4.78, 5) is 22.6. The van der Waals surface area contributed by atoms with Crippen LogP contribution in [0.25, 0.3) is 0 Å². The van der Waals surface area contributed by atoms with Gasteiger partial charge in [-0.2, -0.15) is 0 Å². The topological polar surface area (TPSA) is 91.1 Å². The summed E-state index contributed by atoms with van der Waals surface area (Å²) in [6.07, 6.45) is -3.82. The van der Waals surface area contributed by atoms with E-state index in [4.69, 9.17) is 4.74 Å². The second-order valence-corrected chi connectivity index (χ2v) is 4.83. The number of halogens is 3. The van der Waals surface area contributed by atoms with Crippen LogP contribution in [-0.4, -0.2) is 33.9 Å². The first-order valence-electron chi connectivity index (χ1n) is 6.93. The quantitative estimate of drug-likeness (QED) is 0.321. The van der Waals surface area contributed by atoms with Crippen molar-refractivity contribution in [2.75, 3.05) is 13.2 Å². The number of aromatic nitrogens is 3. The van der Waals surface area contributed by atoms with Crippen LogP contribution in [-0.2, 0) is 22.9 Å². The minimum Gasteiger partial charge on any atom is -0.466 e. The standard InChI is InChI=1S/C12H18F3N4O4/c1-4-8(11(20)23-5-2)9(7-18(21)22)10-6-16-17(3)19(10)12(13,14)15/h6,8-9H,4-5,7H2,1-3H3/q+1/t8?,9-/m0/s1. The molecule has 8 nitrogen and oxygen atoms in total. The second kappa shape index (κ2) is 7.38. The van der Waals surface area contributed by atoms with Crippen molar-refractivity contribution in [3.05, 3.63) is 22.0 Å². The van der Waals surface area contributed by atoms with Crippen LogP contribution in [0.4, 0.5) is 13.2 Å². The minimum atomic E-state index is -4.82. The van der Waals surface area contributed by atoms with Gasteiger partial charge in [0.25, 0.3) is 0 Å². The molecule has 0 N–H and O–H groups in total. The summed E-state index contributed by atoms with van der Waals surface area (Å²) in [5.41, 5.74) is -0.448. The summed E-state index contributed by atoms with van der Waals surface area (Å²) in [7, 11) is 1.06. The van der Waals surface area contributed by atoms with E-state index >= 15 is 0 Å². The van der Waals surface area contributed by atoms with Crippen molar-refractivity contribution in [2.45, 2.75) is 32.5 Å². The lowest BCUT2D eigenvalue weighted by Gasteiger charge is -2.20. The number of nitro groups is 1. The molecule has 0 amide bonds. The van der Waals surface area contributed by atoms with E-state index in [0.29, 0.717) is 4.80 Å². The Balaban J connectivity index is 3.37. The molecule has 0 spiro atoms. The lowest BCUT2D eigenvalue weighted by Crippen LogP contribution is -2.57. The van der Waals surface area contributed by atoms with E-state index in [-0.39, 0.29) is 17.7 Å². The van der Waals surface area contributed by atoms with E-state index < -0.39 is 41.3 Å². The monoisotopic (exact) mass is 339 g/mol. The molecule has 1 rings (SSSR count). The molecule has 11 heteroatoms. The van der Waals surface area contributed by atoms with Gasteiger partial charge in [-0.3, -0.25) is 14.9 Å². The normalized spacial score (nSPS) is 14.3. The van der Waals surface area contributed by atoms with E-state index in [1.54, 1.807) is 13.8 Å². The Labute approximate surface area is 130 Å². The molecular weight excluding hydrogens is 321 g/mol. The molecule has 130 valence electrons. The summed E-state index contributed by atoms with van der Waals surface area (Å²) in [6, 6.07) is 0. The summed E-state index contributed by atoms with van der Waals surface area (Å²) in [5, 5.41) is 14.4. The van der Waals surface area contributed by atoms with Crippen molar-refractivity contribution in [3.8, 4) is 0 Å². The molecule has 0 saturated heterocycles. The average molecular weight is 339 g/mol. The zero-order chi connectivity index (χ0) is 17.8. The summed E-state index contributed by atoms with van der Waals surface area (Å²) in [6.45, 7) is 2.31. The predicted molar refractivity (Wildman–Crippen MR) is 69.7 cm³/mol. The van der Waals surface area contributed by atoms with Crippen molar-refractivity contribution in [2.24, 2.45) is 13.0 Å². The molecule has 0 radical (unpaired) electrons. The summed E-state index contributed by atoms with van der Waals surface area (Å²) < 4.78 is 44.2. The summed E-state index contributed by atoms with van der Waals surface area (Å²) >= 11 is 0. The van der Waals surface area contributed by atoms with Gasteiger partial charge in [-0.15, -0.1) is 13.2 Å². The number of ether oxygens (including phenoxy) is 1. The highest BCUT2D eigenvalue weighted by atomic mass is 19.4. The van der Waals surface area contributed by atoms with Gasteiger partial charge in [0.15, 0.2) is 5.69 Å². The Morgan fingerprint density at radius 3 is 2.57 bits per heavy atom. The molecular formula is C12H18F3N4O4+. The maximum absolute atomic E-state index is 13.2. The maximum Gasteiger partial charge on any atom is 0.585 e. The molecule has 1 aromatic heterocycles. The van der Waals surface area contributed by atoms with Crippen LogP contribution in [0.1, 0.15) is 31.9 Å². The maximum atomic E-state index is 13.2. The third kappa shape index (κ3) is 4.39. The van der Waals surface area contributed by atoms with Gasteiger partial charge in [0, 0.05) is 10.0 Å². The molecule has 0 aliphatic rings. The van der Waals surface area contributed by atoms with Crippen LogP contribution in [0.3, 0.4) is 0 Å². The van der Waals surface area contributed by atoms with Gasteiger partial charge in [0.05, 0.1) is 19.6 Å². The van der Waals surface area contributed by atoms with E-state index in [2.05, 4.69) is 5.10 Å². The lowest BCUT2D eigenvalue weighted by molar-refractivity contribution is -0.917. The number of aryl methyl sites for hydroxylation is 1. The molecule has 0 bridgehead atoms. The van der Waals surface area contributed by atoms with Crippen LogP contribution in [0.2, 0.25) is 0 Å². The SMILES string of the molecule is CCOC(=O)C(CC)[C@H](C[N+](=O)[O-])c1cnn(C)[n+]1C(F)(F)F. The Morgan fingerprint density at radius 1 is 1.52 bits per heavy atom. The van der Waals surface area contributed by atoms with Crippen LogP contribution >= 0.6 is 0 Å². The highest BCUT2D eigenvalue weighted by Crippen LogP contribution is 2.29. The van der Waals surface area contributed by atoms with Gasteiger partial charge in [0.2, 0.25) is 12.7 Å². The smallest absolute Gasteiger partial charge is 0.466 e. The number of alkyl halides is 3. The van der Waals surface area contributed by atoms with Crippen LogP contribution in [0.15, 0.2) is 6.20 Å². The van der Waals surface area contributed by atoms with Crippen molar-refractivity contribution < 1.29 is 32.3 Å². The Kier molecular flexibility index (Phi) is 6.05. The molecule has 0 saturated carbocycles. The van der Waals surface area contributed by atoms with Gasteiger partial charge in [-0.1, -0.05) is 11.6 Å². The Bertz CT molecular complexity index is 573. The number of carbonyl (C=O) groups is 1. The van der Waals surface area contributed by atoms with Crippen LogP contribution in [0, 0.1) is 16.0 Å². The number of hydrogen-bond acceptors (Lipinski definition) is 5. The van der Waals surface area contributed by atoms with Gasteiger partial charge in [-0.25, -0.2) is 0 Å². The van der Waals surface area contributed by atoms with Gasteiger partial charge in [0.1, 0.15) is 5.92 Å². The fourth-order valence-corrected chi connectivity index (χ4v) is 2.43. The van der Waals surface area contributed by atoms with Crippen molar-refractivity contribution in [1.29, 1.82) is 0 Å². The van der Waals surface area contributed by atoms with E-state index in [1.165, 1.54) is 0 Å². The van der Waals surface area contributed by atoms with Gasteiger partial charge >= 0.3 is 12.3 Å². The highest BCUT2D eigenvalue weighted by molar-refractivity contribution is 5.73. The first-order chi connectivity index (χ1) is 10.6. The first-order valence-corrected chi connectivity index (χ1v) is 6.93. The number of carbonyl (C=O) groups excluding carboxylic acids is 1. The second-order valence-electron chi connectivity index (χ2n) is 4.83. The molecule has 1 aromatic rings. The van der Waals surface area contributed by atoms with E-state index in [0.717, 1.165) is 13.2 Å². The summed E-state index contributed by atoms with van der Waals surface area (Å²) in [5.74, 6) is -3.14. The van der Waals surface area contributed by atoms with Crippen molar-refractivity contribution >= 4 is 5.97 Å².